The van der Waals surface area contributed by atoms with Crippen LogP contribution < -0.4 is 5.32 Å². The van der Waals surface area contributed by atoms with Crippen molar-refractivity contribution >= 4 is 17.4 Å². The molecule has 3 rings (SSSR count). The van der Waals surface area contributed by atoms with Gasteiger partial charge in [-0.15, -0.1) is 0 Å². The van der Waals surface area contributed by atoms with E-state index in [-0.39, 0.29) is 12.1 Å². The van der Waals surface area contributed by atoms with E-state index in [0.29, 0.717) is 17.6 Å². The number of hydrogen-bond acceptors (Lipinski definition) is 5. The highest BCUT2D eigenvalue weighted by Gasteiger charge is 2.25. The lowest BCUT2D eigenvalue weighted by atomic mass is 9.95. The van der Waals surface area contributed by atoms with Gasteiger partial charge in [0.25, 0.3) is 0 Å². The minimum atomic E-state index is 0.0224. The topological polar surface area (TPSA) is 71.3 Å². The van der Waals surface area contributed by atoms with Crippen LogP contribution in [0.15, 0.2) is 21.3 Å². The Balaban J connectivity index is 1.58. The van der Waals surface area contributed by atoms with E-state index >= 15 is 0 Å². The molecule has 2 aromatic heterocycles. The minimum Gasteiger partial charge on any atom is -0.339 e. The summed E-state index contributed by atoms with van der Waals surface area (Å²) in [5.41, 5.74) is 0.992. The molecule has 7 heteroatoms. The van der Waals surface area contributed by atoms with Crippen molar-refractivity contribution in [2.45, 2.75) is 39.2 Å². The Hall–Kier alpha value is -1.89. The van der Waals surface area contributed by atoms with Crippen LogP contribution in [0, 0.1) is 5.92 Å². The molecule has 2 amide bonds. The quantitative estimate of drug-likeness (QED) is 0.932. The molecule has 1 aliphatic rings. The molecule has 2 aromatic rings. The Morgan fingerprint density at radius 1 is 1.57 bits per heavy atom. The first-order chi connectivity index (χ1) is 11.1. The minimum absolute atomic E-state index is 0.0224. The molecule has 0 bridgehead atoms. The molecular weight excluding hydrogens is 312 g/mol. The highest BCUT2D eigenvalue weighted by atomic mass is 32.1. The van der Waals surface area contributed by atoms with Crippen LogP contribution in [0.25, 0.3) is 11.4 Å². The summed E-state index contributed by atoms with van der Waals surface area (Å²) in [6.07, 6.45) is 2.83. The van der Waals surface area contributed by atoms with Crippen molar-refractivity contribution in [1.29, 1.82) is 0 Å². The Bertz CT molecular complexity index is 638. The van der Waals surface area contributed by atoms with Gasteiger partial charge >= 0.3 is 6.03 Å². The average Bonchev–Trinajstić information content (AvgIpc) is 3.17. The molecule has 0 aliphatic carbocycles. The number of carbonyl (C=O) groups is 1. The number of amides is 2. The van der Waals surface area contributed by atoms with Crippen LogP contribution in [0.5, 0.6) is 0 Å². The van der Waals surface area contributed by atoms with E-state index in [2.05, 4.69) is 15.5 Å². The lowest BCUT2D eigenvalue weighted by molar-refractivity contribution is 0.159. The van der Waals surface area contributed by atoms with E-state index in [1.54, 1.807) is 11.3 Å². The first kappa shape index (κ1) is 16.0. The summed E-state index contributed by atoms with van der Waals surface area (Å²) in [6, 6.07) is 2.17. The molecule has 1 fully saturated rings. The van der Waals surface area contributed by atoms with Gasteiger partial charge in [-0.25, -0.2) is 4.79 Å². The van der Waals surface area contributed by atoms with Crippen LogP contribution in [0.4, 0.5) is 4.79 Å². The summed E-state index contributed by atoms with van der Waals surface area (Å²) in [7, 11) is 0. The molecule has 0 radical (unpaired) electrons. The Morgan fingerprint density at radius 3 is 3.17 bits per heavy atom. The number of hydrogen-bond donors (Lipinski definition) is 1. The zero-order valence-corrected chi connectivity index (χ0v) is 14.3. The van der Waals surface area contributed by atoms with Gasteiger partial charge in [0, 0.05) is 36.5 Å². The predicted molar refractivity (Wildman–Crippen MR) is 89.3 cm³/mol. The third kappa shape index (κ3) is 4.10. The first-order valence-corrected chi connectivity index (χ1v) is 8.96. The third-order valence-electron chi connectivity index (χ3n) is 3.93. The van der Waals surface area contributed by atoms with Crippen LogP contribution in [0.2, 0.25) is 0 Å². The van der Waals surface area contributed by atoms with Crippen LogP contribution in [0.1, 0.15) is 32.6 Å². The zero-order valence-electron chi connectivity index (χ0n) is 13.5. The highest BCUT2D eigenvalue weighted by Crippen LogP contribution is 2.23. The number of rotatable bonds is 4. The number of nitrogens with one attached hydrogen (secondary N) is 1. The Morgan fingerprint density at radius 2 is 2.43 bits per heavy atom. The zero-order chi connectivity index (χ0) is 16.2. The van der Waals surface area contributed by atoms with Crippen molar-refractivity contribution in [3.05, 3.63) is 22.7 Å². The maximum absolute atomic E-state index is 12.1. The predicted octanol–water partition coefficient (Wildman–Crippen LogP) is 3.17. The van der Waals surface area contributed by atoms with Crippen LogP contribution in [0.3, 0.4) is 0 Å². The van der Waals surface area contributed by atoms with Crippen molar-refractivity contribution in [3.8, 4) is 11.4 Å². The summed E-state index contributed by atoms with van der Waals surface area (Å²) >= 11 is 1.61. The largest absolute Gasteiger partial charge is 0.339 e. The summed E-state index contributed by atoms with van der Waals surface area (Å²) < 4.78 is 5.38. The fourth-order valence-electron chi connectivity index (χ4n) is 2.85. The monoisotopic (exact) mass is 334 g/mol. The molecule has 0 spiro atoms. The van der Waals surface area contributed by atoms with Gasteiger partial charge in [0.05, 0.1) is 0 Å². The Labute approximate surface area is 139 Å². The second-order valence-electron chi connectivity index (χ2n) is 6.29. The molecule has 1 N–H and O–H groups in total. The van der Waals surface area contributed by atoms with E-state index in [4.69, 9.17) is 4.52 Å². The van der Waals surface area contributed by atoms with Gasteiger partial charge in [-0.05, 0) is 44.1 Å². The molecule has 1 saturated heterocycles. The summed E-state index contributed by atoms with van der Waals surface area (Å²) in [4.78, 5) is 18.5. The molecule has 124 valence electrons. The number of aromatic nitrogens is 2. The second kappa shape index (κ2) is 7.12. The molecule has 23 heavy (non-hydrogen) atoms. The standard InChI is InChI=1S/C16H22N4O2S/c1-11(2)17-16(21)20-6-3-4-12(9-20)8-14-18-15(19-22-14)13-5-7-23-10-13/h5,7,10-12H,3-4,6,8-9H2,1-2H3,(H,17,21). The van der Waals surface area contributed by atoms with Gasteiger partial charge in [-0.2, -0.15) is 16.3 Å². The van der Waals surface area contributed by atoms with Crippen molar-refractivity contribution < 1.29 is 9.32 Å². The number of nitrogens with zero attached hydrogens (tertiary/aromatic N) is 3. The van der Waals surface area contributed by atoms with Gasteiger partial charge in [-0.1, -0.05) is 5.16 Å². The van der Waals surface area contributed by atoms with Crippen LogP contribution in [-0.2, 0) is 6.42 Å². The van der Waals surface area contributed by atoms with Crippen molar-refractivity contribution in [1.82, 2.24) is 20.4 Å². The number of thiophene rings is 1. The van der Waals surface area contributed by atoms with E-state index in [1.807, 2.05) is 35.6 Å². The molecule has 0 aromatic carbocycles. The lowest BCUT2D eigenvalue weighted by Gasteiger charge is -2.32. The smallest absolute Gasteiger partial charge is 0.317 e. The summed E-state index contributed by atoms with van der Waals surface area (Å²) in [5.74, 6) is 1.67. The summed E-state index contributed by atoms with van der Waals surface area (Å²) in [5, 5.41) is 11.0. The fraction of sp³-hybridized carbons (Fsp3) is 0.562. The van der Waals surface area contributed by atoms with E-state index in [1.165, 1.54) is 0 Å². The highest BCUT2D eigenvalue weighted by molar-refractivity contribution is 7.08. The number of likely N-dealkylation sites (tertiary alicyclic amines) is 1. The Kier molecular flexibility index (Phi) is 4.95. The SMILES string of the molecule is CC(C)NC(=O)N1CCCC(Cc2nc(-c3ccsc3)no2)C1. The average molecular weight is 334 g/mol. The van der Waals surface area contributed by atoms with Crippen LogP contribution in [-0.4, -0.2) is 40.2 Å². The maximum atomic E-state index is 12.1. The normalized spacial score (nSPS) is 18.4. The van der Waals surface area contributed by atoms with E-state index in [9.17, 15) is 4.79 Å². The molecule has 1 aliphatic heterocycles. The van der Waals surface area contributed by atoms with E-state index in [0.717, 1.165) is 37.9 Å². The van der Waals surface area contributed by atoms with Crippen molar-refractivity contribution in [3.63, 3.8) is 0 Å². The molecular formula is C16H22N4O2S. The molecule has 1 atom stereocenters. The number of urea groups is 1. The first-order valence-electron chi connectivity index (χ1n) is 8.02. The molecule has 1 unspecified atom stereocenters. The molecule has 6 nitrogen and oxygen atoms in total. The van der Waals surface area contributed by atoms with Gasteiger partial charge in [0.15, 0.2) is 0 Å². The van der Waals surface area contributed by atoms with Gasteiger partial charge in [-0.3, -0.25) is 0 Å². The van der Waals surface area contributed by atoms with Gasteiger partial charge in [0.1, 0.15) is 0 Å². The second-order valence-corrected chi connectivity index (χ2v) is 7.07. The molecule has 3 heterocycles. The van der Waals surface area contributed by atoms with Crippen molar-refractivity contribution in [2.24, 2.45) is 5.92 Å². The number of carbonyl (C=O) groups excluding carboxylic acids is 1. The molecule has 0 saturated carbocycles. The third-order valence-corrected chi connectivity index (χ3v) is 4.61. The number of piperidine rings is 1. The lowest BCUT2D eigenvalue weighted by Crippen LogP contribution is -2.47. The fourth-order valence-corrected chi connectivity index (χ4v) is 3.48. The van der Waals surface area contributed by atoms with E-state index < -0.39 is 0 Å². The van der Waals surface area contributed by atoms with Gasteiger partial charge < -0.3 is 14.7 Å². The van der Waals surface area contributed by atoms with Gasteiger partial charge in [0.2, 0.25) is 11.7 Å². The van der Waals surface area contributed by atoms with Crippen LogP contribution >= 0.6 is 11.3 Å². The van der Waals surface area contributed by atoms with Crippen molar-refractivity contribution in [2.75, 3.05) is 13.1 Å². The maximum Gasteiger partial charge on any atom is 0.317 e. The summed E-state index contributed by atoms with van der Waals surface area (Å²) in [6.45, 7) is 5.52.